The minimum absolute atomic E-state index is 0.119. The highest BCUT2D eigenvalue weighted by atomic mass is 19.1. The second-order valence-corrected chi connectivity index (χ2v) is 5.49. The van der Waals surface area contributed by atoms with Gasteiger partial charge in [0.1, 0.15) is 11.6 Å². The Labute approximate surface area is 115 Å². The number of hydrogen-bond acceptors (Lipinski definition) is 2. The van der Waals surface area contributed by atoms with Crippen molar-refractivity contribution in [3.8, 4) is 5.75 Å². The molecule has 1 aliphatic carbocycles. The minimum atomic E-state index is -0.163. The summed E-state index contributed by atoms with van der Waals surface area (Å²) in [5, 5.41) is 3.47. The number of hydrogen-bond donors (Lipinski definition) is 1. The van der Waals surface area contributed by atoms with Crippen molar-refractivity contribution in [1.29, 1.82) is 0 Å². The lowest BCUT2D eigenvalue weighted by molar-refractivity contribution is 0.298. The van der Waals surface area contributed by atoms with E-state index in [1.54, 1.807) is 7.11 Å². The van der Waals surface area contributed by atoms with E-state index in [-0.39, 0.29) is 11.9 Å². The molecule has 0 aromatic heterocycles. The Morgan fingerprint density at radius 2 is 2.21 bits per heavy atom. The Hall–Kier alpha value is -1.09. The predicted molar refractivity (Wildman–Crippen MR) is 75.9 cm³/mol. The maximum absolute atomic E-state index is 14.3. The third kappa shape index (κ3) is 3.08. The summed E-state index contributed by atoms with van der Waals surface area (Å²) in [6.07, 6.45) is 3.69. The van der Waals surface area contributed by atoms with E-state index in [0.29, 0.717) is 17.6 Å². The van der Waals surface area contributed by atoms with Gasteiger partial charge in [0, 0.05) is 17.7 Å². The maximum Gasteiger partial charge on any atom is 0.131 e. The van der Waals surface area contributed by atoms with Crippen LogP contribution in [0.15, 0.2) is 18.2 Å². The fourth-order valence-corrected chi connectivity index (χ4v) is 3.27. The molecule has 3 heteroatoms. The van der Waals surface area contributed by atoms with Crippen LogP contribution in [-0.4, -0.2) is 13.7 Å². The van der Waals surface area contributed by atoms with Crippen LogP contribution in [0.25, 0.3) is 0 Å². The van der Waals surface area contributed by atoms with E-state index in [0.717, 1.165) is 12.1 Å². The number of nitrogens with one attached hydrogen (secondary N) is 1. The Bertz CT molecular complexity index is 421. The van der Waals surface area contributed by atoms with Crippen molar-refractivity contribution in [2.45, 2.75) is 39.2 Å². The van der Waals surface area contributed by atoms with Crippen molar-refractivity contribution in [1.82, 2.24) is 5.32 Å². The molecule has 2 nitrogen and oxygen atoms in total. The second-order valence-electron chi connectivity index (χ2n) is 5.49. The van der Waals surface area contributed by atoms with Gasteiger partial charge in [0.05, 0.1) is 7.11 Å². The van der Waals surface area contributed by atoms with Crippen molar-refractivity contribution in [3.05, 3.63) is 29.6 Å². The van der Waals surface area contributed by atoms with Gasteiger partial charge in [-0.25, -0.2) is 4.39 Å². The van der Waals surface area contributed by atoms with E-state index in [1.165, 1.54) is 25.3 Å². The maximum atomic E-state index is 14.3. The Morgan fingerprint density at radius 1 is 1.42 bits per heavy atom. The van der Waals surface area contributed by atoms with E-state index in [2.05, 4.69) is 19.2 Å². The number of rotatable bonds is 5. The molecule has 1 fully saturated rings. The number of methoxy groups -OCH3 is 1. The van der Waals surface area contributed by atoms with E-state index < -0.39 is 0 Å². The lowest BCUT2D eigenvalue weighted by Gasteiger charge is -2.28. The van der Waals surface area contributed by atoms with Gasteiger partial charge in [-0.1, -0.05) is 32.8 Å². The van der Waals surface area contributed by atoms with Crippen LogP contribution in [0.4, 0.5) is 4.39 Å². The molecule has 0 aliphatic heterocycles. The highest BCUT2D eigenvalue weighted by molar-refractivity contribution is 5.31. The van der Waals surface area contributed by atoms with E-state index >= 15 is 0 Å². The molecule has 2 rings (SSSR count). The first-order chi connectivity index (χ1) is 9.17. The van der Waals surface area contributed by atoms with Gasteiger partial charge in [-0.3, -0.25) is 0 Å². The summed E-state index contributed by atoms with van der Waals surface area (Å²) in [7, 11) is 1.56. The third-order valence-corrected chi connectivity index (χ3v) is 4.32. The molecule has 1 aromatic carbocycles. The molecule has 3 unspecified atom stereocenters. The zero-order valence-corrected chi connectivity index (χ0v) is 12.1. The lowest BCUT2D eigenvalue weighted by Crippen LogP contribution is -2.30. The van der Waals surface area contributed by atoms with E-state index in [9.17, 15) is 4.39 Å². The fourth-order valence-electron chi connectivity index (χ4n) is 3.27. The Kier molecular flexibility index (Phi) is 4.81. The van der Waals surface area contributed by atoms with Gasteiger partial charge < -0.3 is 10.1 Å². The molecule has 1 saturated carbocycles. The van der Waals surface area contributed by atoms with Crippen molar-refractivity contribution < 1.29 is 9.13 Å². The normalized spacial score (nSPS) is 24.4. The molecule has 0 spiro atoms. The topological polar surface area (TPSA) is 21.3 Å². The van der Waals surface area contributed by atoms with Crippen molar-refractivity contribution >= 4 is 0 Å². The number of benzene rings is 1. The molecule has 0 bridgehead atoms. The summed E-state index contributed by atoms with van der Waals surface area (Å²) < 4.78 is 19.3. The van der Waals surface area contributed by atoms with E-state index in [1.807, 2.05) is 12.1 Å². The molecule has 1 aliphatic rings. The summed E-state index contributed by atoms with van der Waals surface area (Å²) >= 11 is 0. The second kappa shape index (κ2) is 6.38. The summed E-state index contributed by atoms with van der Waals surface area (Å²) in [6, 6.07) is 5.32. The smallest absolute Gasteiger partial charge is 0.131 e. The highest BCUT2D eigenvalue weighted by Gasteiger charge is 2.32. The lowest BCUT2D eigenvalue weighted by atomic mass is 9.85. The van der Waals surface area contributed by atoms with Crippen molar-refractivity contribution in [3.63, 3.8) is 0 Å². The molecular formula is C16H24FNO. The summed E-state index contributed by atoms with van der Waals surface area (Å²) in [5.41, 5.74) is 0.779. The fraction of sp³-hybridized carbons (Fsp3) is 0.625. The Morgan fingerprint density at radius 3 is 2.74 bits per heavy atom. The molecule has 0 heterocycles. The van der Waals surface area contributed by atoms with Gasteiger partial charge in [0.25, 0.3) is 0 Å². The molecule has 19 heavy (non-hydrogen) atoms. The van der Waals surface area contributed by atoms with Gasteiger partial charge >= 0.3 is 0 Å². The van der Waals surface area contributed by atoms with Crippen LogP contribution in [-0.2, 0) is 0 Å². The van der Waals surface area contributed by atoms with Crippen LogP contribution in [0.2, 0.25) is 0 Å². The standard InChI is InChI=1S/C16H24FNO/c1-4-18-16(13-7-5-6-11(13)2)14-9-8-12(19-3)10-15(14)17/h8-11,13,16,18H,4-7H2,1-3H3. The number of halogens is 1. The molecule has 1 aromatic rings. The van der Waals surface area contributed by atoms with Crippen LogP contribution in [0.3, 0.4) is 0 Å². The first-order valence-corrected chi connectivity index (χ1v) is 7.24. The van der Waals surface area contributed by atoms with Crippen molar-refractivity contribution in [2.75, 3.05) is 13.7 Å². The third-order valence-electron chi connectivity index (χ3n) is 4.32. The van der Waals surface area contributed by atoms with Gasteiger partial charge in [0.2, 0.25) is 0 Å². The molecule has 0 amide bonds. The average Bonchev–Trinajstić information content (AvgIpc) is 2.82. The molecule has 106 valence electrons. The van der Waals surface area contributed by atoms with Crippen LogP contribution >= 0.6 is 0 Å². The zero-order valence-electron chi connectivity index (χ0n) is 12.1. The SMILES string of the molecule is CCNC(c1ccc(OC)cc1F)C1CCCC1C. The molecule has 3 atom stereocenters. The summed E-state index contributed by atoms with van der Waals surface area (Å²) in [4.78, 5) is 0. The highest BCUT2D eigenvalue weighted by Crippen LogP contribution is 2.41. The minimum Gasteiger partial charge on any atom is -0.497 e. The van der Waals surface area contributed by atoms with Crippen LogP contribution < -0.4 is 10.1 Å². The first-order valence-electron chi connectivity index (χ1n) is 7.24. The van der Waals surface area contributed by atoms with Gasteiger partial charge in [-0.15, -0.1) is 0 Å². The molecule has 0 radical (unpaired) electrons. The average molecular weight is 265 g/mol. The summed E-state index contributed by atoms with van der Waals surface area (Å²) in [5.74, 6) is 1.61. The summed E-state index contributed by atoms with van der Waals surface area (Å²) in [6.45, 7) is 5.22. The Balaban J connectivity index is 2.28. The van der Waals surface area contributed by atoms with E-state index in [4.69, 9.17) is 4.74 Å². The predicted octanol–water partition coefficient (Wildman–Crippen LogP) is 3.92. The molecular weight excluding hydrogens is 241 g/mol. The van der Waals surface area contributed by atoms with Gasteiger partial charge in [-0.2, -0.15) is 0 Å². The molecule has 1 N–H and O–H groups in total. The van der Waals surface area contributed by atoms with Crippen molar-refractivity contribution in [2.24, 2.45) is 11.8 Å². The largest absolute Gasteiger partial charge is 0.497 e. The van der Waals surface area contributed by atoms with Gasteiger partial charge in [-0.05, 0) is 30.9 Å². The van der Waals surface area contributed by atoms with Crippen LogP contribution in [0, 0.1) is 17.7 Å². The quantitative estimate of drug-likeness (QED) is 0.871. The van der Waals surface area contributed by atoms with Crippen LogP contribution in [0.5, 0.6) is 5.75 Å². The van der Waals surface area contributed by atoms with Crippen LogP contribution in [0.1, 0.15) is 44.7 Å². The van der Waals surface area contributed by atoms with Gasteiger partial charge in [0.15, 0.2) is 0 Å². The first kappa shape index (κ1) is 14.3. The number of ether oxygens (including phenoxy) is 1. The zero-order chi connectivity index (χ0) is 13.8. The molecule has 0 saturated heterocycles. The monoisotopic (exact) mass is 265 g/mol.